The maximum Gasteiger partial charge on any atom is 0.333 e. The van der Waals surface area contributed by atoms with Crippen LogP contribution in [0.1, 0.15) is 52.7 Å². The molecule has 3 heterocycles. The quantitative estimate of drug-likeness (QED) is 0.165. The Bertz CT molecular complexity index is 3090. The van der Waals surface area contributed by atoms with Gasteiger partial charge in [0.25, 0.3) is 0 Å². The zero-order valence-corrected chi connectivity index (χ0v) is 34.8. The highest BCUT2D eigenvalue weighted by atomic mass is 32.1. The number of rotatable bonds is 3. The van der Waals surface area contributed by atoms with Gasteiger partial charge in [0.05, 0.1) is 11.4 Å². The lowest BCUT2D eigenvalue weighted by atomic mass is 9.43. The molecule has 2 aliphatic rings. The fourth-order valence-corrected chi connectivity index (χ4v) is 10.8. The van der Waals surface area contributed by atoms with Crippen LogP contribution in [0.3, 0.4) is 0 Å². The van der Waals surface area contributed by atoms with E-state index in [1.165, 1.54) is 104 Å². The van der Waals surface area contributed by atoms with E-state index >= 15 is 0 Å². The van der Waals surface area contributed by atoms with E-state index in [-0.39, 0.29) is 17.7 Å². The molecule has 0 saturated carbocycles. The van der Waals surface area contributed by atoms with Gasteiger partial charge in [0.15, 0.2) is 0 Å². The van der Waals surface area contributed by atoms with Crippen LogP contribution < -0.4 is 20.6 Å². The summed E-state index contributed by atoms with van der Waals surface area (Å²) in [7, 11) is 0. The fourth-order valence-electron chi connectivity index (χ4n) is 9.66. The van der Waals surface area contributed by atoms with E-state index in [0.29, 0.717) is 0 Å². The topological polar surface area (TPSA) is 6.48 Å². The summed E-state index contributed by atoms with van der Waals surface area (Å²) < 4.78 is 2.62. The molecule has 11 rings (SSSR count). The van der Waals surface area contributed by atoms with Crippen LogP contribution in [0, 0.1) is 0 Å². The summed E-state index contributed by atoms with van der Waals surface area (Å²) in [4.78, 5) is 5.29. The van der Waals surface area contributed by atoms with Crippen molar-refractivity contribution in [1.82, 2.24) is 0 Å². The Kier molecular flexibility index (Phi) is 7.69. The van der Waals surface area contributed by atoms with Crippen LogP contribution in [-0.4, -0.2) is 6.85 Å². The minimum absolute atomic E-state index is 0.0152. The molecule has 4 heteroatoms. The molecule has 0 radical (unpaired) electrons. The second-order valence-corrected chi connectivity index (χ2v) is 19.2. The molecule has 0 fully saturated rings. The van der Waals surface area contributed by atoms with Gasteiger partial charge in [-0.15, -0.1) is 11.3 Å². The third kappa shape index (κ3) is 5.24. The lowest BCUT2D eigenvalue weighted by Crippen LogP contribution is -2.61. The van der Waals surface area contributed by atoms with Crippen LogP contribution in [0.2, 0.25) is 0 Å². The van der Waals surface area contributed by atoms with Gasteiger partial charge >= 0.3 is 6.85 Å². The maximum absolute atomic E-state index is 2.65. The van der Waals surface area contributed by atoms with Crippen molar-refractivity contribution >= 4 is 88.5 Å². The van der Waals surface area contributed by atoms with Gasteiger partial charge in [-0.25, -0.2) is 0 Å². The predicted molar refractivity (Wildman–Crippen MR) is 253 cm³/mol. The van der Waals surface area contributed by atoms with Crippen molar-refractivity contribution in [3.8, 4) is 22.3 Å². The second kappa shape index (κ2) is 12.7. The van der Waals surface area contributed by atoms with E-state index in [1.54, 1.807) is 0 Å². The second-order valence-electron chi connectivity index (χ2n) is 18.2. The van der Waals surface area contributed by atoms with Crippen LogP contribution in [0.25, 0.3) is 53.2 Å². The van der Waals surface area contributed by atoms with Crippen LogP contribution in [0.5, 0.6) is 0 Å². The molecular formula is C54H45BN2S. The van der Waals surface area contributed by atoms with Gasteiger partial charge in [-0.1, -0.05) is 157 Å². The molecule has 280 valence electrons. The Morgan fingerprint density at radius 1 is 0.500 bits per heavy atom. The normalized spacial score (nSPS) is 13.6. The molecule has 58 heavy (non-hydrogen) atoms. The Morgan fingerprint density at radius 3 is 1.95 bits per heavy atom. The number of hydrogen-bond acceptors (Lipinski definition) is 3. The third-order valence-electron chi connectivity index (χ3n) is 12.5. The first-order valence-electron chi connectivity index (χ1n) is 20.6. The molecular weight excluding hydrogens is 719 g/mol. The number of thiophene rings is 1. The molecule has 8 aromatic carbocycles. The highest BCUT2D eigenvalue weighted by molar-refractivity contribution is 7.26. The molecule has 9 aromatic rings. The van der Waals surface area contributed by atoms with Crippen molar-refractivity contribution in [2.75, 3.05) is 9.71 Å². The summed E-state index contributed by atoms with van der Waals surface area (Å²) in [6, 6.07) is 62.1. The number of hydrogen-bond donors (Lipinski definition) is 0. The first kappa shape index (κ1) is 35.1. The fraction of sp³-hybridized carbons (Fsp3) is 0.148. The van der Waals surface area contributed by atoms with Gasteiger partial charge in [-0.2, -0.15) is 0 Å². The molecule has 0 unspecified atom stereocenters. The minimum Gasteiger partial charge on any atom is -0.376 e. The molecule has 2 aliphatic heterocycles. The molecule has 1 aromatic heterocycles. The van der Waals surface area contributed by atoms with Crippen LogP contribution in [0.4, 0.5) is 28.4 Å². The smallest absolute Gasteiger partial charge is 0.333 e. The summed E-state index contributed by atoms with van der Waals surface area (Å²) in [5.41, 5.74) is 16.5. The van der Waals surface area contributed by atoms with Crippen molar-refractivity contribution in [2.24, 2.45) is 0 Å². The van der Waals surface area contributed by atoms with Crippen molar-refractivity contribution in [2.45, 2.75) is 52.4 Å². The largest absolute Gasteiger partial charge is 0.376 e. The van der Waals surface area contributed by atoms with Gasteiger partial charge in [0.1, 0.15) is 0 Å². The standard InChI is InChI=1S/C54H45BN2S/c1-53(2,3)36-24-27-38(28-25-36)57-45-22-14-12-20-40(45)49-39-19-11-10-18-35(39)32-46-51(49)55(57)43-29-31-48-50(41-21-13-15-23-47(41)58-48)52(43)56(46)44-30-26-37(54(4,5)6)33-42(44)34-16-8-7-9-17-34/h7-33H,1-6H3. The lowest BCUT2D eigenvalue weighted by molar-refractivity contribution is 0.590. The summed E-state index contributed by atoms with van der Waals surface area (Å²) in [5.74, 6) is 0. The number of para-hydroxylation sites is 1. The van der Waals surface area contributed by atoms with Crippen LogP contribution >= 0.6 is 11.3 Å². The van der Waals surface area contributed by atoms with Crippen molar-refractivity contribution in [3.63, 3.8) is 0 Å². The van der Waals surface area contributed by atoms with Gasteiger partial charge in [0.2, 0.25) is 0 Å². The van der Waals surface area contributed by atoms with Crippen LogP contribution in [-0.2, 0) is 10.8 Å². The van der Waals surface area contributed by atoms with Crippen molar-refractivity contribution in [3.05, 3.63) is 175 Å². The van der Waals surface area contributed by atoms with Gasteiger partial charge in [-0.3, -0.25) is 0 Å². The zero-order valence-electron chi connectivity index (χ0n) is 34.0. The van der Waals surface area contributed by atoms with E-state index in [1.807, 2.05) is 11.3 Å². The SMILES string of the molecule is CC(C)(C)c1ccc(N2B3c4ccc5sc6ccccc6c5c4N(c4ccc(C(C)(C)C)cc4-c4ccccc4)c4cc5ccccc5c(c43)-c3ccccc32)cc1. The highest BCUT2D eigenvalue weighted by Crippen LogP contribution is 2.53. The zero-order chi connectivity index (χ0) is 39.5. The monoisotopic (exact) mass is 764 g/mol. The van der Waals surface area contributed by atoms with Crippen molar-refractivity contribution < 1.29 is 0 Å². The van der Waals surface area contributed by atoms with E-state index < -0.39 is 0 Å². The first-order valence-corrected chi connectivity index (χ1v) is 21.4. The summed E-state index contributed by atoms with van der Waals surface area (Å²) in [6.07, 6.45) is 0. The maximum atomic E-state index is 2.65. The number of benzene rings is 8. The summed E-state index contributed by atoms with van der Waals surface area (Å²) in [6.45, 7) is 13.8. The first-order chi connectivity index (χ1) is 28.1. The van der Waals surface area contributed by atoms with E-state index in [2.05, 4.69) is 215 Å². The molecule has 0 spiro atoms. The molecule has 0 amide bonds. The summed E-state index contributed by atoms with van der Waals surface area (Å²) in [5, 5.41) is 5.16. The number of anilines is 5. The van der Waals surface area contributed by atoms with E-state index in [9.17, 15) is 0 Å². The van der Waals surface area contributed by atoms with Crippen molar-refractivity contribution in [1.29, 1.82) is 0 Å². The molecule has 0 saturated heterocycles. The van der Waals surface area contributed by atoms with Gasteiger partial charge in [0, 0.05) is 48.4 Å². The minimum atomic E-state index is -0.0756. The lowest BCUT2D eigenvalue weighted by Gasteiger charge is -2.46. The van der Waals surface area contributed by atoms with Crippen LogP contribution in [0.15, 0.2) is 164 Å². The van der Waals surface area contributed by atoms with Gasteiger partial charge < -0.3 is 9.71 Å². The molecule has 0 N–H and O–H groups in total. The molecule has 2 nitrogen and oxygen atoms in total. The number of fused-ring (bicyclic) bond motifs is 10. The van der Waals surface area contributed by atoms with E-state index in [4.69, 9.17) is 0 Å². The summed E-state index contributed by atoms with van der Waals surface area (Å²) >= 11 is 1.90. The molecule has 0 aliphatic carbocycles. The van der Waals surface area contributed by atoms with Gasteiger partial charge in [-0.05, 0) is 103 Å². The Labute approximate surface area is 346 Å². The average molecular weight is 765 g/mol. The van der Waals surface area contributed by atoms with E-state index in [0.717, 1.165) is 0 Å². The number of nitrogens with zero attached hydrogens (tertiary/aromatic N) is 2. The Balaban J connectivity index is 1.32. The predicted octanol–water partition coefficient (Wildman–Crippen LogP) is 14.2. The Morgan fingerprint density at radius 2 is 1.17 bits per heavy atom. The molecule has 0 bridgehead atoms. The molecule has 0 atom stereocenters. The Hall–Kier alpha value is -6.10. The average Bonchev–Trinajstić information content (AvgIpc) is 3.62. The third-order valence-corrected chi connectivity index (χ3v) is 13.7. The highest BCUT2D eigenvalue weighted by Gasteiger charge is 2.46.